The second-order valence-electron chi connectivity index (χ2n) is 3.19. The molecule has 0 bridgehead atoms. The summed E-state index contributed by atoms with van der Waals surface area (Å²) in [5.41, 5.74) is 2.42. The predicted molar refractivity (Wildman–Crippen MR) is 64.9 cm³/mol. The highest BCUT2D eigenvalue weighted by Crippen LogP contribution is 2.26. The summed E-state index contributed by atoms with van der Waals surface area (Å²) in [6.07, 6.45) is 0. The minimum atomic E-state index is -1.11. The molecule has 1 aromatic heterocycles. The number of rotatable bonds is 4. The molecule has 0 fully saturated rings. The van der Waals surface area contributed by atoms with Crippen LogP contribution in [0, 0.1) is 0 Å². The quantitative estimate of drug-likeness (QED) is 0.927. The van der Waals surface area contributed by atoms with E-state index in [1.165, 1.54) is 17.4 Å². The van der Waals surface area contributed by atoms with Gasteiger partial charge in [-0.15, -0.1) is 11.3 Å². The van der Waals surface area contributed by atoms with Crippen LogP contribution in [-0.4, -0.2) is 16.1 Å². The zero-order valence-electron chi connectivity index (χ0n) is 8.59. The molecule has 0 aliphatic rings. The number of ether oxygens (including phenoxy) is 1. The summed E-state index contributed by atoms with van der Waals surface area (Å²) in [6, 6.07) is 4.73. The highest BCUT2D eigenvalue weighted by Gasteiger charge is 2.15. The molecule has 2 aromatic rings. The Balaban J connectivity index is 2.21. The number of benzene rings is 1. The van der Waals surface area contributed by atoms with E-state index in [1.807, 2.05) is 5.38 Å². The van der Waals surface area contributed by atoms with Gasteiger partial charge in [0, 0.05) is 5.38 Å². The summed E-state index contributed by atoms with van der Waals surface area (Å²) in [5, 5.41) is 11.0. The zero-order chi connectivity index (χ0) is 12.3. The number of nitrogens with zero attached hydrogens (tertiary/aromatic N) is 1. The summed E-state index contributed by atoms with van der Waals surface area (Å²) in [4.78, 5) is 15.1. The van der Waals surface area contributed by atoms with Crippen LogP contribution in [0.5, 0.6) is 5.75 Å². The molecule has 0 amide bonds. The number of carbonyl (C=O) groups is 1. The Morgan fingerprint density at radius 2 is 2.35 bits per heavy atom. The van der Waals surface area contributed by atoms with E-state index in [1.54, 1.807) is 17.6 Å². The molecule has 0 atom stereocenters. The second kappa shape index (κ2) is 5.16. The summed E-state index contributed by atoms with van der Waals surface area (Å²) in [5.74, 6) is -0.859. The molecule has 2 rings (SSSR count). The third-order valence-electron chi connectivity index (χ3n) is 2.05. The van der Waals surface area contributed by atoms with E-state index in [4.69, 9.17) is 21.4 Å². The summed E-state index contributed by atoms with van der Waals surface area (Å²) < 4.78 is 5.40. The first-order valence-corrected chi connectivity index (χ1v) is 6.02. The standard InChI is InChI=1S/C11H8ClNO3S/c12-8-2-1-3-9(10(8)11(14)15)16-4-7-5-17-6-13-7/h1-3,5-6H,4H2,(H,14,15). The van der Waals surface area contributed by atoms with Crippen LogP contribution in [-0.2, 0) is 6.61 Å². The van der Waals surface area contributed by atoms with E-state index in [9.17, 15) is 4.79 Å². The molecule has 0 aliphatic heterocycles. The molecule has 0 aliphatic carbocycles. The maximum Gasteiger partial charge on any atom is 0.341 e. The Hall–Kier alpha value is -1.59. The molecule has 88 valence electrons. The first kappa shape index (κ1) is 11.9. The Labute approximate surface area is 106 Å². The summed E-state index contributed by atoms with van der Waals surface area (Å²) >= 11 is 7.27. The molecule has 0 saturated heterocycles. The molecule has 1 heterocycles. The van der Waals surface area contributed by atoms with Gasteiger partial charge in [-0.3, -0.25) is 0 Å². The van der Waals surface area contributed by atoms with Gasteiger partial charge in [0.2, 0.25) is 0 Å². The van der Waals surface area contributed by atoms with Crippen molar-refractivity contribution in [3.8, 4) is 5.75 Å². The number of aromatic carboxylic acids is 1. The van der Waals surface area contributed by atoms with Gasteiger partial charge in [-0.25, -0.2) is 9.78 Å². The molecular weight excluding hydrogens is 262 g/mol. The van der Waals surface area contributed by atoms with Crippen LogP contribution in [0.4, 0.5) is 0 Å². The van der Waals surface area contributed by atoms with Crippen molar-refractivity contribution < 1.29 is 14.6 Å². The Kier molecular flexibility index (Phi) is 3.61. The van der Waals surface area contributed by atoms with Crippen molar-refractivity contribution in [3.05, 3.63) is 45.4 Å². The monoisotopic (exact) mass is 269 g/mol. The molecule has 1 N–H and O–H groups in total. The predicted octanol–water partition coefficient (Wildman–Crippen LogP) is 3.07. The SMILES string of the molecule is O=C(O)c1c(Cl)cccc1OCc1cscn1. The lowest BCUT2D eigenvalue weighted by Crippen LogP contribution is -2.04. The van der Waals surface area contributed by atoms with Gasteiger partial charge in [0.15, 0.2) is 0 Å². The van der Waals surface area contributed by atoms with Crippen molar-refractivity contribution in [1.29, 1.82) is 0 Å². The van der Waals surface area contributed by atoms with E-state index >= 15 is 0 Å². The van der Waals surface area contributed by atoms with Crippen LogP contribution < -0.4 is 4.74 Å². The first-order chi connectivity index (χ1) is 8.18. The average Bonchev–Trinajstić information content (AvgIpc) is 2.78. The number of hydrogen-bond acceptors (Lipinski definition) is 4. The Morgan fingerprint density at radius 1 is 1.53 bits per heavy atom. The number of carboxylic acid groups (broad SMARTS) is 1. The molecular formula is C11H8ClNO3S. The molecule has 0 unspecified atom stereocenters. The van der Waals surface area contributed by atoms with Crippen LogP contribution >= 0.6 is 22.9 Å². The minimum Gasteiger partial charge on any atom is -0.486 e. The fourth-order valence-electron chi connectivity index (χ4n) is 1.29. The van der Waals surface area contributed by atoms with Gasteiger partial charge in [-0.1, -0.05) is 17.7 Å². The van der Waals surface area contributed by atoms with Crippen LogP contribution in [0.15, 0.2) is 29.1 Å². The number of halogens is 1. The van der Waals surface area contributed by atoms with E-state index in [2.05, 4.69) is 4.98 Å². The molecule has 1 aromatic carbocycles. The molecule has 6 heteroatoms. The van der Waals surface area contributed by atoms with Crippen molar-refractivity contribution in [2.75, 3.05) is 0 Å². The highest BCUT2D eigenvalue weighted by molar-refractivity contribution is 7.07. The lowest BCUT2D eigenvalue weighted by molar-refractivity contribution is 0.0692. The van der Waals surface area contributed by atoms with E-state index in [0.717, 1.165) is 5.69 Å². The van der Waals surface area contributed by atoms with E-state index in [0.29, 0.717) is 0 Å². The van der Waals surface area contributed by atoms with Crippen molar-refractivity contribution in [3.63, 3.8) is 0 Å². The van der Waals surface area contributed by atoms with Crippen LogP contribution in [0.1, 0.15) is 16.1 Å². The fraction of sp³-hybridized carbons (Fsp3) is 0.0909. The van der Waals surface area contributed by atoms with Crippen molar-refractivity contribution in [2.24, 2.45) is 0 Å². The average molecular weight is 270 g/mol. The first-order valence-electron chi connectivity index (χ1n) is 4.70. The largest absolute Gasteiger partial charge is 0.486 e. The fourth-order valence-corrected chi connectivity index (χ4v) is 2.08. The third-order valence-corrected chi connectivity index (χ3v) is 3.00. The second-order valence-corrected chi connectivity index (χ2v) is 4.31. The van der Waals surface area contributed by atoms with Crippen molar-refractivity contribution in [2.45, 2.75) is 6.61 Å². The number of aromatic nitrogens is 1. The number of hydrogen-bond donors (Lipinski definition) is 1. The van der Waals surface area contributed by atoms with E-state index < -0.39 is 5.97 Å². The van der Waals surface area contributed by atoms with Crippen LogP contribution in [0.2, 0.25) is 5.02 Å². The smallest absolute Gasteiger partial charge is 0.341 e. The topological polar surface area (TPSA) is 59.4 Å². The summed E-state index contributed by atoms with van der Waals surface area (Å²) in [7, 11) is 0. The lowest BCUT2D eigenvalue weighted by Gasteiger charge is -2.08. The molecule has 4 nitrogen and oxygen atoms in total. The highest BCUT2D eigenvalue weighted by atomic mass is 35.5. The Morgan fingerprint density at radius 3 is 3.00 bits per heavy atom. The number of thiazole rings is 1. The van der Waals surface area contributed by atoms with Gasteiger partial charge < -0.3 is 9.84 Å². The Bertz CT molecular complexity index is 528. The summed E-state index contributed by atoms with van der Waals surface area (Å²) in [6.45, 7) is 0.226. The van der Waals surface area contributed by atoms with Gasteiger partial charge in [-0.05, 0) is 12.1 Å². The molecule has 0 spiro atoms. The van der Waals surface area contributed by atoms with Gasteiger partial charge in [0.05, 0.1) is 16.2 Å². The molecule has 17 heavy (non-hydrogen) atoms. The van der Waals surface area contributed by atoms with Gasteiger partial charge in [0.25, 0.3) is 0 Å². The maximum atomic E-state index is 11.0. The minimum absolute atomic E-state index is 0.0237. The lowest BCUT2D eigenvalue weighted by atomic mass is 10.2. The van der Waals surface area contributed by atoms with Gasteiger partial charge in [0.1, 0.15) is 17.9 Å². The number of carboxylic acids is 1. The van der Waals surface area contributed by atoms with Crippen LogP contribution in [0.3, 0.4) is 0 Å². The molecule has 0 radical (unpaired) electrons. The van der Waals surface area contributed by atoms with Crippen molar-refractivity contribution >= 4 is 28.9 Å². The molecule has 0 saturated carbocycles. The van der Waals surface area contributed by atoms with Gasteiger partial charge >= 0.3 is 5.97 Å². The van der Waals surface area contributed by atoms with Crippen molar-refractivity contribution in [1.82, 2.24) is 4.98 Å². The zero-order valence-corrected chi connectivity index (χ0v) is 10.2. The maximum absolute atomic E-state index is 11.0. The van der Waals surface area contributed by atoms with Crippen LogP contribution in [0.25, 0.3) is 0 Å². The van der Waals surface area contributed by atoms with E-state index in [-0.39, 0.29) is 22.9 Å². The normalized spacial score (nSPS) is 10.2. The van der Waals surface area contributed by atoms with Gasteiger partial charge in [-0.2, -0.15) is 0 Å². The third kappa shape index (κ3) is 2.75.